The van der Waals surface area contributed by atoms with Crippen molar-refractivity contribution in [2.75, 3.05) is 18.0 Å². The molecule has 1 aromatic carbocycles. The van der Waals surface area contributed by atoms with Crippen molar-refractivity contribution >= 4 is 23.4 Å². The van der Waals surface area contributed by atoms with E-state index in [1.807, 2.05) is 0 Å². The monoisotopic (exact) mass is 414 g/mol. The third kappa shape index (κ3) is 2.92. The molecule has 3 fully saturated rings. The standard InChI is InChI=1S/C22H27FN4O3/c1-22(2,3)27-11-13-7-14(27)10-25(13)18-6-12-9-26(21(30)15(12)8-16(18)23)17-4-5-19(28)24-20(17)29/h6,8,13-14,17H,4-5,7,9-11H2,1-3H3,(H,24,28,29)/t13?,14?,17-/m1/s1. The number of carbonyl (C=O) groups excluding carboxylic acids is 3. The highest BCUT2D eigenvalue weighted by Crippen LogP contribution is 2.41. The average Bonchev–Trinajstić information content (AvgIpc) is 3.34. The van der Waals surface area contributed by atoms with Gasteiger partial charge in [-0.3, -0.25) is 24.6 Å². The number of anilines is 1. The predicted octanol–water partition coefficient (Wildman–Crippen LogP) is 1.65. The summed E-state index contributed by atoms with van der Waals surface area (Å²) in [5, 5.41) is 2.30. The van der Waals surface area contributed by atoms with Gasteiger partial charge >= 0.3 is 0 Å². The summed E-state index contributed by atoms with van der Waals surface area (Å²) in [5.74, 6) is -1.50. The van der Waals surface area contributed by atoms with E-state index in [-0.39, 0.29) is 42.2 Å². The number of amides is 3. The van der Waals surface area contributed by atoms with Gasteiger partial charge in [-0.05, 0) is 51.3 Å². The minimum absolute atomic E-state index is 0.0941. The molecule has 0 radical (unpaired) electrons. The van der Waals surface area contributed by atoms with Crippen LogP contribution in [0.1, 0.15) is 56.0 Å². The Morgan fingerprint density at radius 3 is 2.47 bits per heavy atom. The van der Waals surface area contributed by atoms with Gasteiger partial charge in [0.1, 0.15) is 11.9 Å². The summed E-state index contributed by atoms with van der Waals surface area (Å²) in [6, 6.07) is 3.11. The van der Waals surface area contributed by atoms with E-state index in [1.165, 1.54) is 11.0 Å². The molecule has 3 saturated heterocycles. The van der Waals surface area contributed by atoms with E-state index >= 15 is 4.39 Å². The van der Waals surface area contributed by atoms with Crippen LogP contribution in [-0.2, 0) is 16.1 Å². The van der Waals surface area contributed by atoms with Crippen molar-refractivity contribution in [3.05, 3.63) is 29.1 Å². The first-order valence-electron chi connectivity index (χ1n) is 10.6. The van der Waals surface area contributed by atoms with Crippen LogP contribution in [-0.4, -0.2) is 64.3 Å². The molecule has 7 nitrogen and oxygen atoms in total. The maximum absolute atomic E-state index is 15.1. The van der Waals surface area contributed by atoms with Gasteiger partial charge in [-0.15, -0.1) is 0 Å². The summed E-state index contributed by atoms with van der Waals surface area (Å²) in [6.45, 7) is 8.59. The van der Waals surface area contributed by atoms with Crippen molar-refractivity contribution in [2.24, 2.45) is 0 Å². The second-order valence-corrected chi connectivity index (χ2v) is 9.88. The summed E-state index contributed by atoms with van der Waals surface area (Å²) in [6.07, 6.45) is 1.53. The van der Waals surface area contributed by atoms with Crippen LogP contribution in [0.3, 0.4) is 0 Å². The quantitative estimate of drug-likeness (QED) is 0.745. The molecule has 0 aromatic heterocycles. The van der Waals surface area contributed by atoms with Gasteiger partial charge < -0.3 is 9.80 Å². The van der Waals surface area contributed by atoms with Gasteiger partial charge in [0, 0.05) is 49.2 Å². The highest BCUT2D eigenvalue weighted by atomic mass is 19.1. The maximum atomic E-state index is 15.1. The second-order valence-electron chi connectivity index (χ2n) is 9.88. The predicted molar refractivity (Wildman–Crippen MR) is 108 cm³/mol. The van der Waals surface area contributed by atoms with Crippen molar-refractivity contribution in [1.29, 1.82) is 0 Å². The smallest absolute Gasteiger partial charge is 0.255 e. The SMILES string of the molecule is CC(C)(C)N1CC2CC1CN2c1cc2c(cc1F)C(=O)N([C@@H]1CCC(=O)NC1=O)C2. The Balaban J connectivity index is 1.38. The van der Waals surface area contributed by atoms with Crippen LogP contribution < -0.4 is 10.2 Å². The first-order chi connectivity index (χ1) is 14.1. The number of nitrogens with zero attached hydrogens (tertiary/aromatic N) is 3. The molecule has 4 aliphatic heterocycles. The molecule has 8 heteroatoms. The van der Waals surface area contributed by atoms with Crippen LogP contribution in [0.5, 0.6) is 0 Å². The highest BCUT2D eigenvalue weighted by molar-refractivity contribution is 6.05. The molecule has 3 atom stereocenters. The fraction of sp³-hybridized carbons (Fsp3) is 0.591. The van der Waals surface area contributed by atoms with E-state index in [0.29, 0.717) is 23.7 Å². The van der Waals surface area contributed by atoms with Gasteiger partial charge in [-0.1, -0.05) is 0 Å². The zero-order valence-corrected chi connectivity index (χ0v) is 17.6. The van der Waals surface area contributed by atoms with Crippen molar-refractivity contribution in [2.45, 2.75) is 70.2 Å². The number of hydrogen-bond donors (Lipinski definition) is 1. The minimum Gasteiger partial charge on any atom is -0.363 e. The number of hydrogen-bond acceptors (Lipinski definition) is 5. The van der Waals surface area contributed by atoms with Crippen LogP contribution >= 0.6 is 0 Å². The first-order valence-corrected chi connectivity index (χ1v) is 10.6. The number of piperidine rings is 1. The van der Waals surface area contributed by atoms with Gasteiger partial charge in [-0.25, -0.2) is 4.39 Å². The first kappa shape index (κ1) is 19.5. The summed E-state index contributed by atoms with van der Waals surface area (Å²) in [4.78, 5) is 42.6. The lowest BCUT2D eigenvalue weighted by Gasteiger charge is -2.42. The van der Waals surface area contributed by atoms with Gasteiger partial charge in [0.2, 0.25) is 11.8 Å². The largest absolute Gasteiger partial charge is 0.363 e. The number of carbonyl (C=O) groups is 3. The molecule has 4 heterocycles. The van der Waals surface area contributed by atoms with Gasteiger partial charge in [0.25, 0.3) is 5.91 Å². The fourth-order valence-electron chi connectivity index (χ4n) is 5.58. The van der Waals surface area contributed by atoms with Crippen LogP contribution in [0.25, 0.3) is 0 Å². The van der Waals surface area contributed by atoms with E-state index < -0.39 is 11.9 Å². The normalized spacial score (nSPS) is 29.1. The summed E-state index contributed by atoms with van der Waals surface area (Å²) in [7, 11) is 0. The Kier molecular flexibility index (Phi) is 4.23. The number of rotatable bonds is 2. The van der Waals surface area contributed by atoms with E-state index in [2.05, 4.69) is 35.9 Å². The van der Waals surface area contributed by atoms with Crippen LogP contribution in [0.15, 0.2) is 12.1 Å². The molecule has 1 N–H and O–H groups in total. The molecule has 3 amide bonds. The molecule has 0 saturated carbocycles. The van der Waals surface area contributed by atoms with Gasteiger partial charge in [0.15, 0.2) is 0 Å². The summed E-state index contributed by atoms with van der Waals surface area (Å²) in [5.41, 5.74) is 1.71. The topological polar surface area (TPSA) is 73.0 Å². The zero-order chi connectivity index (χ0) is 21.4. The molecule has 160 valence electrons. The number of benzene rings is 1. The number of imide groups is 1. The van der Waals surface area contributed by atoms with Gasteiger partial charge in [0.05, 0.1) is 5.69 Å². The molecular weight excluding hydrogens is 387 g/mol. The fourth-order valence-corrected chi connectivity index (χ4v) is 5.58. The lowest BCUT2D eigenvalue weighted by molar-refractivity contribution is -0.136. The molecule has 2 bridgehead atoms. The Morgan fingerprint density at radius 2 is 1.83 bits per heavy atom. The average molecular weight is 414 g/mol. The molecular formula is C22H27FN4O3. The molecule has 0 spiro atoms. The van der Waals surface area contributed by atoms with Crippen LogP contribution in [0.4, 0.5) is 10.1 Å². The van der Waals surface area contributed by atoms with E-state index in [1.54, 1.807) is 6.07 Å². The molecule has 5 rings (SSSR count). The van der Waals surface area contributed by atoms with E-state index in [4.69, 9.17) is 0 Å². The lowest BCUT2D eigenvalue weighted by Crippen LogP contribution is -2.53. The number of likely N-dealkylation sites (tertiary alicyclic amines) is 1. The van der Waals surface area contributed by atoms with Crippen molar-refractivity contribution < 1.29 is 18.8 Å². The summed E-state index contributed by atoms with van der Waals surface area (Å²) < 4.78 is 15.1. The number of fused-ring (bicyclic) bond motifs is 3. The van der Waals surface area contributed by atoms with Crippen molar-refractivity contribution in [1.82, 2.24) is 15.1 Å². The Hall–Kier alpha value is -2.48. The third-order valence-electron chi connectivity index (χ3n) is 7.00. The van der Waals surface area contributed by atoms with Crippen LogP contribution in [0, 0.1) is 5.82 Å². The van der Waals surface area contributed by atoms with Crippen LogP contribution in [0.2, 0.25) is 0 Å². The Labute approximate surface area is 175 Å². The lowest BCUT2D eigenvalue weighted by atomic mass is 10.0. The maximum Gasteiger partial charge on any atom is 0.255 e. The number of nitrogens with one attached hydrogen (secondary N) is 1. The molecule has 2 unspecified atom stereocenters. The van der Waals surface area contributed by atoms with E-state index in [0.717, 1.165) is 25.1 Å². The van der Waals surface area contributed by atoms with Crippen molar-refractivity contribution in [3.8, 4) is 0 Å². The summed E-state index contributed by atoms with van der Waals surface area (Å²) >= 11 is 0. The van der Waals surface area contributed by atoms with Gasteiger partial charge in [-0.2, -0.15) is 0 Å². The second kappa shape index (κ2) is 6.51. The number of halogens is 1. The molecule has 0 aliphatic carbocycles. The molecule has 1 aromatic rings. The minimum atomic E-state index is -0.683. The highest BCUT2D eigenvalue weighted by Gasteiger charge is 2.48. The Morgan fingerprint density at radius 1 is 1.07 bits per heavy atom. The number of piperazine rings is 1. The third-order valence-corrected chi connectivity index (χ3v) is 7.00. The molecule has 30 heavy (non-hydrogen) atoms. The van der Waals surface area contributed by atoms with E-state index in [9.17, 15) is 14.4 Å². The molecule has 4 aliphatic rings. The Bertz CT molecular complexity index is 956. The van der Waals surface area contributed by atoms with Crippen molar-refractivity contribution in [3.63, 3.8) is 0 Å². The zero-order valence-electron chi connectivity index (χ0n) is 17.6.